The quantitative estimate of drug-likeness (QED) is 0.628. The second kappa shape index (κ2) is 6.44. The third kappa shape index (κ3) is 2.91. The number of rotatable bonds is 5. The minimum absolute atomic E-state index is 0.0309. The molecule has 1 aromatic heterocycles. The number of nitrogens with one attached hydrogen (secondary N) is 1. The second-order valence-corrected chi connectivity index (χ2v) is 7.16. The Morgan fingerprint density at radius 3 is 2.73 bits per heavy atom. The van der Waals surface area contributed by atoms with E-state index in [9.17, 15) is 24.8 Å². The number of benzene rings is 1. The van der Waals surface area contributed by atoms with E-state index in [2.05, 4.69) is 4.98 Å². The first kappa shape index (κ1) is 17.9. The molecular formula is C18H21N3O5. The van der Waals surface area contributed by atoms with Crippen LogP contribution in [0.5, 0.6) is 0 Å². The van der Waals surface area contributed by atoms with Crippen molar-refractivity contribution in [1.82, 2.24) is 9.88 Å². The molecule has 1 atom stereocenters. The van der Waals surface area contributed by atoms with E-state index in [1.165, 1.54) is 12.1 Å². The number of hydrogen-bond acceptors (Lipinski definition) is 4. The molecule has 0 radical (unpaired) electrons. The molecule has 2 N–H and O–H groups in total. The van der Waals surface area contributed by atoms with Crippen LogP contribution >= 0.6 is 0 Å². The average Bonchev–Trinajstić information content (AvgIpc) is 3.20. The van der Waals surface area contributed by atoms with Gasteiger partial charge in [-0.25, -0.2) is 0 Å². The monoisotopic (exact) mass is 359 g/mol. The van der Waals surface area contributed by atoms with Crippen LogP contribution in [-0.2, 0) is 16.0 Å². The molecule has 0 spiro atoms. The summed E-state index contributed by atoms with van der Waals surface area (Å²) in [6.07, 6.45) is 2.19. The highest BCUT2D eigenvalue weighted by Gasteiger charge is 2.48. The summed E-state index contributed by atoms with van der Waals surface area (Å²) in [7, 11) is 0. The van der Waals surface area contributed by atoms with Gasteiger partial charge < -0.3 is 15.0 Å². The number of carboxylic acids is 1. The molecule has 2 heterocycles. The number of hydrogen-bond donors (Lipinski definition) is 2. The van der Waals surface area contributed by atoms with E-state index >= 15 is 0 Å². The molecule has 8 heteroatoms. The van der Waals surface area contributed by atoms with Crippen LogP contribution < -0.4 is 0 Å². The maximum atomic E-state index is 12.7. The third-order valence-electron chi connectivity index (χ3n) is 5.49. The zero-order valence-electron chi connectivity index (χ0n) is 14.7. The maximum absolute atomic E-state index is 12.7. The Morgan fingerprint density at radius 1 is 1.42 bits per heavy atom. The van der Waals surface area contributed by atoms with Gasteiger partial charge >= 0.3 is 5.97 Å². The van der Waals surface area contributed by atoms with Crippen molar-refractivity contribution in [3.63, 3.8) is 0 Å². The summed E-state index contributed by atoms with van der Waals surface area (Å²) in [5.41, 5.74) is 0.457. The number of likely N-dealkylation sites (tertiary alicyclic amines) is 1. The molecule has 0 saturated carbocycles. The van der Waals surface area contributed by atoms with Gasteiger partial charge in [0.25, 0.3) is 5.69 Å². The predicted octanol–water partition coefficient (Wildman–Crippen LogP) is 2.58. The number of nitro groups is 1. The van der Waals surface area contributed by atoms with Gasteiger partial charge in [-0.05, 0) is 24.0 Å². The van der Waals surface area contributed by atoms with E-state index in [0.29, 0.717) is 23.9 Å². The molecule has 26 heavy (non-hydrogen) atoms. The van der Waals surface area contributed by atoms with Crippen molar-refractivity contribution in [2.75, 3.05) is 13.1 Å². The summed E-state index contributed by atoms with van der Waals surface area (Å²) in [6.45, 7) is 4.33. The smallest absolute Gasteiger partial charge is 0.311 e. The van der Waals surface area contributed by atoms with Crippen LogP contribution in [0.1, 0.15) is 25.8 Å². The molecule has 138 valence electrons. The largest absolute Gasteiger partial charge is 0.481 e. The van der Waals surface area contributed by atoms with Gasteiger partial charge in [-0.2, -0.15) is 0 Å². The van der Waals surface area contributed by atoms with Crippen molar-refractivity contribution in [2.24, 2.45) is 11.3 Å². The van der Waals surface area contributed by atoms with Crippen LogP contribution in [-0.4, -0.2) is 44.9 Å². The molecule has 1 aliphatic heterocycles. The van der Waals surface area contributed by atoms with Crippen LogP contribution in [0, 0.1) is 21.4 Å². The number of nitrogens with zero attached hydrogens (tertiary/aromatic N) is 2. The zero-order chi connectivity index (χ0) is 19.1. The van der Waals surface area contributed by atoms with E-state index in [-0.39, 0.29) is 30.5 Å². The SMILES string of the molecule is CC(C)C1(C(=O)O)CCN(C(=O)Cc2c[nH]c3ccc([N+](=O)[O-])cc23)C1. The topological polar surface area (TPSA) is 117 Å². The number of aromatic nitrogens is 1. The van der Waals surface area contributed by atoms with Crippen molar-refractivity contribution in [1.29, 1.82) is 0 Å². The van der Waals surface area contributed by atoms with Crippen molar-refractivity contribution in [3.8, 4) is 0 Å². The Balaban J connectivity index is 1.81. The highest BCUT2D eigenvalue weighted by atomic mass is 16.6. The van der Waals surface area contributed by atoms with Gasteiger partial charge in [0, 0.05) is 42.3 Å². The summed E-state index contributed by atoms with van der Waals surface area (Å²) in [4.78, 5) is 39.5. The Bertz CT molecular complexity index is 888. The summed E-state index contributed by atoms with van der Waals surface area (Å²) in [5, 5.41) is 21.2. The van der Waals surface area contributed by atoms with Gasteiger partial charge in [-0.15, -0.1) is 0 Å². The number of nitro benzene ring substituents is 1. The van der Waals surface area contributed by atoms with E-state index in [4.69, 9.17) is 0 Å². The Labute approximate surface area is 149 Å². The first-order valence-corrected chi connectivity index (χ1v) is 8.50. The van der Waals surface area contributed by atoms with Gasteiger partial charge in [0.05, 0.1) is 16.8 Å². The molecule has 3 rings (SSSR count). The van der Waals surface area contributed by atoms with E-state index in [0.717, 1.165) is 5.52 Å². The van der Waals surface area contributed by atoms with Crippen LogP contribution in [0.2, 0.25) is 0 Å². The Morgan fingerprint density at radius 2 is 2.15 bits per heavy atom. The molecule has 1 fully saturated rings. The lowest BCUT2D eigenvalue weighted by Gasteiger charge is -2.28. The first-order chi connectivity index (χ1) is 12.2. The Hall–Kier alpha value is -2.90. The van der Waals surface area contributed by atoms with Crippen molar-refractivity contribution in [2.45, 2.75) is 26.7 Å². The molecule has 1 amide bonds. The second-order valence-electron chi connectivity index (χ2n) is 7.16. The maximum Gasteiger partial charge on any atom is 0.311 e. The fraction of sp³-hybridized carbons (Fsp3) is 0.444. The number of amides is 1. The molecule has 1 aromatic carbocycles. The minimum atomic E-state index is -0.908. The van der Waals surface area contributed by atoms with Gasteiger partial charge in [0.15, 0.2) is 0 Å². The molecular weight excluding hydrogens is 338 g/mol. The summed E-state index contributed by atoms with van der Waals surface area (Å²) < 4.78 is 0. The zero-order valence-corrected chi connectivity index (χ0v) is 14.7. The molecule has 1 saturated heterocycles. The average molecular weight is 359 g/mol. The van der Waals surface area contributed by atoms with Crippen LogP contribution in [0.15, 0.2) is 24.4 Å². The lowest BCUT2D eigenvalue weighted by molar-refractivity contribution is -0.384. The summed E-state index contributed by atoms with van der Waals surface area (Å²) in [5.74, 6) is -1.11. The number of carbonyl (C=O) groups is 2. The first-order valence-electron chi connectivity index (χ1n) is 8.50. The lowest BCUT2D eigenvalue weighted by Crippen LogP contribution is -2.41. The van der Waals surface area contributed by atoms with Gasteiger partial charge in [0.1, 0.15) is 0 Å². The lowest BCUT2D eigenvalue weighted by atomic mass is 9.76. The summed E-state index contributed by atoms with van der Waals surface area (Å²) in [6, 6.07) is 4.48. The third-order valence-corrected chi connectivity index (χ3v) is 5.49. The predicted molar refractivity (Wildman–Crippen MR) is 94.8 cm³/mol. The Kier molecular flexibility index (Phi) is 4.43. The molecule has 1 aliphatic rings. The van der Waals surface area contributed by atoms with Crippen molar-refractivity contribution < 1.29 is 19.6 Å². The van der Waals surface area contributed by atoms with Crippen molar-refractivity contribution in [3.05, 3.63) is 40.1 Å². The van der Waals surface area contributed by atoms with E-state index in [1.807, 2.05) is 13.8 Å². The minimum Gasteiger partial charge on any atom is -0.481 e. The van der Waals surface area contributed by atoms with Crippen LogP contribution in [0.4, 0.5) is 5.69 Å². The van der Waals surface area contributed by atoms with Gasteiger partial charge in [0.2, 0.25) is 5.91 Å². The van der Waals surface area contributed by atoms with E-state index in [1.54, 1.807) is 17.2 Å². The highest BCUT2D eigenvalue weighted by molar-refractivity contribution is 5.90. The van der Waals surface area contributed by atoms with Gasteiger partial charge in [-0.1, -0.05) is 13.8 Å². The summed E-state index contributed by atoms with van der Waals surface area (Å²) >= 11 is 0. The standard InChI is InChI=1S/C18H21N3O5/c1-11(2)18(17(23)24)5-6-20(10-18)16(22)7-12-9-19-15-4-3-13(21(25)26)8-14(12)15/h3-4,8-9,11,19H,5-7,10H2,1-2H3,(H,23,24). The molecule has 0 bridgehead atoms. The van der Waals surface area contributed by atoms with Crippen molar-refractivity contribution >= 4 is 28.5 Å². The highest BCUT2D eigenvalue weighted by Crippen LogP contribution is 2.38. The number of aliphatic carboxylic acids is 1. The fourth-order valence-corrected chi connectivity index (χ4v) is 3.64. The molecule has 0 aliphatic carbocycles. The number of non-ortho nitro benzene ring substituents is 1. The molecule has 2 aromatic rings. The normalized spacial score (nSPS) is 20.0. The molecule has 1 unspecified atom stereocenters. The van der Waals surface area contributed by atoms with Crippen LogP contribution in [0.3, 0.4) is 0 Å². The number of H-pyrrole nitrogens is 1. The number of carbonyl (C=O) groups excluding carboxylic acids is 1. The van der Waals surface area contributed by atoms with Gasteiger partial charge in [-0.3, -0.25) is 19.7 Å². The number of carboxylic acid groups (broad SMARTS) is 1. The van der Waals surface area contributed by atoms with Crippen LogP contribution in [0.25, 0.3) is 10.9 Å². The number of fused-ring (bicyclic) bond motifs is 1. The number of aromatic amines is 1. The molecule has 8 nitrogen and oxygen atoms in total. The fourth-order valence-electron chi connectivity index (χ4n) is 3.64. The van der Waals surface area contributed by atoms with E-state index < -0.39 is 16.3 Å².